The Hall–Kier alpha value is -3.09. The molecular formula is C40H71N5O11S2. The minimum atomic E-state index is -1.12. The smallest absolute Gasteiger partial charge is 0.303 e. The fourth-order valence-electron chi connectivity index (χ4n) is 5.79. The van der Waals surface area contributed by atoms with Crippen molar-refractivity contribution in [3.05, 3.63) is 0 Å². The Labute approximate surface area is 352 Å². The van der Waals surface area contributed by atoms with Crippen LogP contribution in [0.15, 0.2) is 0 Å². The van der Waals surface area contributed by atoms with E-state index >= 15 is 0 Å². The van der Waals surface area contributed by atoms with E-state index in [1.54, 1.807) is 0 Å². The summed E-state index contributed by atoms with van der Waals surface area (Å²) in [4.78, 5) is 85.4. The van der Waals surface area contributed by atoms with E-state index in [-0.39, 0.29) is 62.9 Å². The Morgan fingerprint density at radius 2 is 1.14 bits per heavy atom. The molecular weight excluding hydrogens is 791 g/mol. The lowest BCUT2D eigenvalue weighted by Crippen LogP contribution is -2.55. The minimum absolute atomic E-state index is 0.0907. The third-order valence-corrected chi connectivity index (χ3v) is 12.6. The SMILES string of the molecule is CC(C)(CCOC(C)(C)CCNC(=O)CCC(=O)O)NC(=O)C[C@H](NC(=O)CCCCC1CCSS1)C(=O)NC(C)(C)CCOC(C)(C)CCNC(=O)CCC(=O)O. The molecule has 1 aliphatic rings. The molecule has 18 heteroatoms. The van der Waals surface area contributed by atoms with E-state index in [2.05, 4.69) is 26.6 Å². The van der Waals surface area contributed by atoms with Gasteiger partial charge in [0.15, 0.2) is 0 Å². The van der Waals surface area contributed by atoms with E-state index < -0.39 is 52.1 Å². The molecule has 1 saturated heterocycles. The maximum atomic E-state index is 13.7. The van der Waals surface area contributed by atoms with Gasteiger partial charge >= 0.3 is 11.9 Å². The molecule has 7 N–H and O–H groups in total. The molecule has 1 unspecified atom stereocenters. The highest BCUT2D eigenvalue weighted by Crippen LogP contribution is 2.39. The molecule has 0 aliphatic carbocycles. The zero-order chi connectivity index (χ0) is 44.0. The largest absolute Gasteiger partial charge is 0.481 e. The molecule has 58 heavy (non-hydrogen) atoms. The molecule has 0 saturated carbocycles. The first-order valence-electron chi connectivity index (χ1n) is 20.3. The third kappa shape index (κ3) is 26.8. The van der Waals surface area contributed by atoms with Crippen LogP contribution >= 0.6 is 21.6 Å². The van der Waals surface area contributed by atoms with Crippen LogP contribution in [0.4, 0.5) is 0 Å². The number of hydrogen-bond donors (Lipinski definition) is 7. The highest BCUT2D eigenvalue weighted by atomic mass is 33.1. The molecule has 1 aliphatic heterocycles. The summed E-state index contributed by atoms with van der Waals surface area (Å²) in [6.45, 7) is 16.1. The first-order valence-corrected chi connectivity index (χ1v) is 22.7. The van der Waals surface area contributed by atoms with E-state index in [0.29, 0.717) is 57.1 Å². The molecule has 0 aromatic carbocycles. The number of unbranched alkanes of at least 4 members (excludes halogenated alkanes) is 1. The molecule has 0 bridgehead atoms. The van der Waals surface area contributed by atoms with Crippen molar-refractivity contribution >= 4 is 63.1 Å². The number of rotatable bonds is 31. The topological polar surface area (TPSA) is 239 Å². The van der Waals surface area contributed by atoms with E-state index in [1.807, 2.05) is 77.0 Å². The quantitative estimate of drug-likeness (QED) is 0.0377. The zero-order valence-electron chi connectivity index (χ0n) is 36.0. The fraction of sp³-hybridized carbons (Fsp3) is 0.825. The second-order valence-electron chi connectivity index (χ2n) is 17.4. The van der Waals surface area contributed by atoms with E-state index in [4.69, 9.17) is 19.7 Å². The number of carbonyl (C=O) groups excluding carboxylic acids is 5. The molecule has 2 atom stereocenters. The van der Waals surface area contributed by atoms with E-state index in [9.17, 15) is 33.6 Å². The van der Waals surface area contributed by atoms with Crippen molar-refractivity contribution in [3.63, 3.8) is 0 Å². The Morgan fingerprint density at radius 3 is 1.60 bits per heavy atom. The molecule has 5 amide bonds. The first-order chi connectivity index (χ1) is 26.9. The zero-order valence-corrected chi connectivity index (χ0v) is 37.6. The Morgan fingerprint density at radius 1 is 0.638 bits per heavy atom. The van der Waals surface area contributed by atoms with Crippen molar-refractivity contribution in [2.24, 2.45) is 0 Å². The fourth-order valence-corrected chi connectivity index (χ4v) is 8.82. The first kappa shape index (κ1) is 52.9. The van der Waals surface area contributed by atoms with Gasteiger partial charge in [0, 0.05) is 67.6 Å². The van der Waals surface area contributed by atoms with Crippen LogP contribution in [0.2, 0.25) is 0 Å². The highest BCUT2D eigenvalue weighted by Gasteiger charge is 2.32. The summed E-state index contributed by atoms with van der Waals surface area (Å²) in [5.74, 6) is -2.81. The van der Waals surface area contributed by atoms with Crippen molar-refractivity contribution < 1.29 is 53.2 Å². The van der Waals surface area contributed by atoms with E-state index in [0.717, 1.165) is 18.6 Å². The van der Waals surface area contributed by atoms with Gasteiger partial charge in [-0.2, -0.15) is 0 Å². The number of ether oxygens (including phenoxy) is 2. The molecule has 0 spiro atoms. The second-order valence-corrected chi connectivity index (χ2v) is 20.2. The average molecular weight is 862 g/mol. The van der Waals surface area contributed by atoms with Crippen LogP contribution in [-0.4, -0.2) is 117 Å². The lowest BCUT2D eigenvalue weighted by atomic mass is 9.98. The summed E-state index contributed by atoms with van der Waals surface area (Å²) in [7, 11) is 3.78. The van der Waals surface area contributed by atoms with E-state index in [1.165, 1.54) is 6.42 Å². The van der Waals surface area contributed by atoms with Gasteiger partial charge in [-0.25, -0.2) is 0 Å². The molecule has 0 radical (unpaired) electrons. The van der Waals surface area contributed by atoms with Crippen molar-refractivity contribution in [3.8, 4) is 0 Å². The van der Waals surface area contributed by atoms with Gasteiger partial charge in [-0.15, -0.1) is 0 Å². The van der Waals surface area contributed by atoms with Gasteiger partial charge < -0.3 is 46.3 Å². The summed E-state index contributed by atoms with van der Waals surface area (Å²) < 4.78 is 12.1. The lowest BCUT2D eigenvalue weighted by molar-refractivity contribution is -0.139. The Balaban J connectivity index is 2.76. The van der Waals surface area contributed by atoms with Gasteiger partial charge in [-0.3, -0.25) is 33.6 Å². The van der Waals surface area contributed by atoms with Crippen LogP contribution in [0.5, 0.6) is 0 Å². The van der Waals surface area contributed by atoms with Crippen molar-refractivity contribution in [2.45, 2.75) is 179 Å². The van der Waals surface area contributed by atoms with Crippen LogP contribution in [0, 0.1) is 0 Å². The van der Waals surface area contributed by atoms with Gasteiger partial charge in [0.2, 0.25) is 29.5 Å². The van der Waals surface area contributed by atoms with Crippen molar-refractivity contribution in [1.82, 2.24) is 26.6 Å². The summed E-state index contributed by atoms with van der Waals surface area (Å²) in [5, 5.41) is 32.3. The number of hydrogen-bond acceptors (Lipinski definition) is 11. The number of carboxylic acid groups (broad SMARTS) is 2. The predicted molar refractivity (Wildman–Crippen MR) is 226 cm³/mol. The molecule has 1 fully saturated rings. The standard InChI is InChI=1S/C40H71N5O11S2/c1-37(2,20-24-55-39(5,6)18-22-41-30(46)13-15-34(50)51)44-33(49)27-29(43-32(48)12-10-9-11-28-17-26-57-58-28)36(54)45-38(3,4)21-25-56-40(7,8)19-23-42-31(47)14-16-35(52)53/h28-29H,9-27H2,1-8H3,(H,41,46)(H,42,47)(H,43,48)(H,44,49)(H,45,54)(H,50,51)(H,52,53)/t28?,29-/m0/s1. The molecule has 0 aromatic heterocycles. The molecule has 16 nitrogen and oxygen atoms in total. The number of aliphatic carboxylic acids is 2. The van der Waals surface area contributed by atoms with Crippen LogP contribution in [-0.2, 0) is 43.0 Å². The maximum absolute atomic E-state index is 13.7. The van der Waals surface area contributed by atoms with Crippen LogP contribution in [0.3, 0.4) is 0 Å². The van der Waals surface area contributed by atoms with Crippen LogP contribution in [0.25, 0.3) is 0 Å². The maximum Gasteiger partial charge on any atom is 0.303 e. The molecule has 0 aromatic rings. The summed E-state index contributed by atoms with van der Waals surface area (Å²) in [5.41, 5.74) is -2.69. The highest BCUT2D eigenvalue weighted by molar-refractivity contribution is 8.77. The Kier molecular flexibility index (Phi) is 23.9. The van der Waals surface area contributed by atoms with Gasteiger partial charge in [0.1, 0.15) is 6.04 Å². The van der Waals surface area contributed by atoms with Crippen molar-refractivity contribution in [2.75, 3.05) is 32.1 Å². The van der Waals surface area contributed by atoms with Gasteiger partial charge in [-0.1, -0.05) is 28.0 Å². The molecule has 1 heterocycles. The number of nitrogens with one attached hydrogen (secondary N) is 5. The monoisotopic (exact) mass is 861 g/mol. The van der Waals surface area contributed by atoms with Crippen LogP contribution in [0.1, 0.15) is 145 Å². The summed E-state index contributed by atoms with van der Waals surface area (Å²) in [6.07, 6.45) is 4.93. The average Bonchev–Trinajstić information content (AvgIpc) is 3.60. The summed E-state index contributed by atoms with van der Waals surface area (Å²) in [6, 6.07) is -1.12. The number of amides is 5. The van der Waals surface area contributed by atoms with Gasteiger partial charge in [-0.05, 0) is 100 Å². The predicted octanol–water partition coefficient (Wildman–Crippen LogP) is 4.48. The Bertz CT molecular complexity index is 1350. The normalized spacial score (nSPS) is 15.3. The third-order valence-electron chi connectivity index (χ3n) is 9.56. The van der Waals surface area contributed by atoms with Gasteiger partial charge in [0.25, 0.3) is 0 Å². The molecule has 334 valence electrons. The van der Waals surface area contributed by atoms with Gasteiger partial charge in [0.05, 0.1) is 30.5 Å². The number of carbonyl (C=O) groups is 7. The number of carboxylic acids is 2. The lowest BCUT2D eigenvalue weighted by Gasteiger charge is -2.32. The second kappa shape index (κ2) is 26.2. The van der Waals surface area contributed by atoms with Crippen LogP contribution < -0.4 is 26.6 Å². The van der Waals surface area contributed by atoms with Crippen molar-refractivity contribution in [1.29, 1.82) is 0 Å². The molecule has 1 rings (SSSR count). The summed E-state index contributed by atoms with van der Waals surface area (Å²) >= 11 is 0. The minimum Gasteiger partial charge on any atom is -0.481 e.